The highest BCUT2D eigenvalue weighted by molar-refractivity contribution is 7.89. The fraction of sp³-hybridized carbons (Fsp3) is 0.211. The average molecular weight is 413 g/mol. The lowest BCUT2D eigenvalue weighted by Crippen LogP contribution is -2.20. The molecule has 0 spiro atoms. The Balaban J connectivity index is 2.44. The van der Waals surface area contributed by atoms with Crippen LogP contribution in [0, 0.1) is 6.92 Å². The molecule has 0 aliphatic heterocycles. The van der Waals surface area contributed by atoms with Crippen LogP contribution in [0.1, 0.15) is 23.6 Å². The van der Waals surface area contributed by atoms with Crippen molar-refractivity contribution in [3.63, 3.8) is 0 Å². The number of carbonyl (C=O) groups excluding carboxylic acids is 1. The minimum absolute atomic E-state index is 0.0279. The van der Waals surface area contributed by atoms with Crippen LogP contribution in [-0.4, -0.2) is 21.0 Å². The quantitative estimate of drug-likeness (QED) is 0.576. The Kier molecular flexibility index (Phi) is 6.50. The van der Waals surface area contributed by atoms with Gasteiger partial charge in [0, 0.05) is 6.20 Å². The van der Waals surface area contributed by atoms with E-state index in [0.29, 0.717) is 0 Å². The van der Waals surface area contributed by atoms with E-state index < -0.39 is 27.7 Å². The molecule has 0 atom stereocenters. The van der Waals surface area contributed by atoms with Gasteiger partial charge in [0.1, 0.15) is 0 Å². The molecule has 0 aromatic heterocycles. The Morgan fingerprint density at radius 1 is 1.14 bits per heavy atom. The molecule has 0 bridgehead atoms. The van der Waals surface area contributed by atoms with Gasteiger partial charge in [-0.05, 0) is 43.7 Å². The van der Waals surface area contributed by atoms with Crippen molar-refractivity contribution in [1.82, 2.24) is 4.72 Å². The first kappa shape index (κ1) is 21.5. The zero-order chi connectivity index (χ0) is 20.9. The summed E-state index contributed by atoms with van der Waals surface area (Å²) < 4.78 is 70.6. The van der Waals surface area contributed by atoms with Crippen LogP contribution >= 0.6 is 0 Å². The maximum atomic E-state index is 13.0. The summed E-state index contributed by atoms with van der Waals surface area (Å²) in [6.45, 7) is 3.29. The van der Waals surface area contributed by atoms with Crippen LogP contribution in [0.5, 0.6) is 0 Å². The number of halogens is 3. The molecule has 0 saturated heterocycles. The molecular weight excluding hydrogens is 395 g/mol. The van der Waals surface area contributed by atoms with Gasteiger partial charge in [0.2, 0.25) is 0 Å². The number of sulfonamides is 1. The Hall–Kier alpha value is -2.81. The van der Waals surface area contributed by atoms with E-state index in [1.54, 1.807) is 19.1 Å². The zero-order valence-electron chi connectivity index (χ0n) is 15.1. The topological polar surface area (TPSA) is 72.5 Å². The van der Waals surface area contributed by atoms with E-state index in [4.69, 9.17) is 4.74 Å². The van der Waals surface area contributed by atoms with Gasteiger partial charge in [0.05, 0.1) is 22.6 Å². The van der Waals surface area contributed by atoms with Gasteiger partial charge in [-0.15, -0.1) is 0 Å². The minimum Gasteiger partial charge on any atom is -0.462 e. The molecule has 0 unspecified atom stereocenters. The lowest BCUT2D eigenvalue weighted by atomic mass is 10.0. The van der Waals surface area contributed by atoms with Gasteiger partial charge in [-0.2, -0.15) is 13.2 Å². The van der Waals surface area contributed by atoms with Crippen LogP contribution in [0.2, 0.25) is 0 Å². The number of rotatable bonds is 6. The molecule has 2 rings (SSSR count). The summed E-state index contributed by atoms with van der Waals surface area (Å²) in [5.41, 5.74) is -0.587. The summed E-state index contributed by atoms with van der Waals surface area (Å²) in [6, 6.07) is 9.93. The number of ether oxygens (including phenoxy) is 1. The van der Waals surface area contributed by atoms with Crippen LogP contribution in [0.15, 0.2) is 59.6 Å². The van der Waals surface area contributed by atoms with Gasteiger partial charge in [0.25, 0.3) is 10.0 Å². The SMILES string of the molecule is CCOC(=O)/C(=C/NS(=O)(=O)c1ccc(C)cc1)c1cccc(C(F)(F)F)c1. The van der Waals surface area contributed by atoms with Crippen molar-refractivity contribution >= 4 is 21.6 Å². The van der Waals surface area contributed by atoms with Crippen LogP contribution in [0.4, 0.5) is 13.2 Å². The number of aryl methyl sites for hydroxylation is 1. The number of hydrogen-bond donors (Lipinski definition) is 1. The van der Waals surface area contributed by atoms with Crippen molar-refractivity contribution in [2.75, 3.05) is 6.61 Å². The van der Waals surface area contributed by atoms with Crippen molar-refractivity contribution in [2.45, 2.75) is 24.9 Å². The molecule has 0 aliphatic carbocycles. The lowest BCUT2D eigenvalue weighted by Gasteiger charge is -2.12. The smallest absolute Gasteiger partial charge is 0.416 e. The van der Waals surface area contributed by atoms with Gasteiger partial charge in [0.15, 0.2) is 0 Å². The maximum absolute atomic E-state index is 13.0. The normalized spacial score (nSPS) is 12.5. The van der Waals surface area contributed by atoms with Gasteiger partial charge < -0.3 is 4.74 Å². The molecule has 0 amide bonds. The monoisotopic (exact) mass is 413 g/mol. The van der Waals surface area contributed by atoms with Gasteiger partial charge >= 0.3 is 12.1 Å². The molecule has 0 aliphatic rings. The molecule has 1 N–H and O–H groups in total. The lowest BCUT2D eigenvalue weighted by molar-refractivity contribution is -0.138. The Morgan fingerprint density at radius 3 is 2.36 bits per heavy atom. The molecule has 28 heavy (non-hydrogen) atoms. The highest BCUT2D eigenvalue weighted by Gasteiger charge is 2.31. The van der Waals surface area contributed by atoms with E-state index >= 15 is 0 Å². The summed E-state index contributed by atoms with van der Waals surface area (Å²) in [5.74, 6) is -0.951. The molecule has 0 radical (unpaired) electrons. The zero-order valence-corrected chi connectivity index (χ0v) is 15.9. The van der Waals surface area contributed by atoms with Crippen molar-refractivity contribution in [1.29, 1.82) is 0 Å². The van der Waals surface area contributed by atoms with Crippen molar-refractivity contribution in [3.8, 4) is 0 Å². The molecule has 5 nitrogen and oxygen atoms in total. The summed E-state index contributed by atoms with van der Waals surface area (Å²) in [6.07, 6.45) is -3.78. The van der Waals surface area contributed by atoms with E-state index in [-0.39, 0.29) is 22.6 Å². The molecule has 9 heteroatoms. The molecule has 2 aromatic carbocycles. The van der Waals surface area contributed by atoms with E-state index in [1.165, 1.54) is 25.1 Å². The van der Waals surface area contributed by atoms with E-state index in [9.17, 15) is 26.4 Å². The van der Waals surface area contributed by atoms with E-state index in [0.717, 1.165) is 30.0 Å². The Morgan fingerprint density at radius 2 is 1.79 bits per heavy atom. The van der Waals surface area contributed by atoms with Gasteiger partial charge in [-0.25, -0.2) is 13.2 Å². The van der Waals surface area contributed by atoms with Gasteiger partial charge in [-0.1, -0.05) is 29.8 Å². The second-order valence-electron chi connectivity index (χ2n) is 5.79. The standard InChI is InChI=1S/C19H18F3NO4S/c1-3-27-18(24)17(14-5-4-6-15(11-14)19(20,21)22)12-23-28(25,26)16-9-7-13(2)8-10-16/h4-12,23H,3H2,1-2H3/b17-12+. The first-order valence-corrected chi connectivity index (χ1v) is 9.67. The Bertz CT molecular complexity index is 981. The number of alkyl halides is 3. The first-order valence-electron chi connectivity index (χ1n) is 8.18. The number of esters is 1. The molecule has 150 valence electrons. The largest absolute Gasteiger partial charge is 0.462 e. The van der Waals surface area contributed by atoms with Gasteiger partial charge in [-0.3, -0.25) is 4.72 Å². The predicted molar refractivity (Wildman–Crippen MR) is 97.6 cm³/mol. The second-order valence-corrected chi connectivity index (χ2v) is 7.51. The third-order valence-corrected chi connectivity index (χ3v) is 5.01. The Labute approximate surface area is 160 Å². The molecule has 0 saturated carbocycles. The summed E-state index contributed by atoms with van der Waals surface area (Å²) in [7, 11) is -4.02. The minimum atomic E-state index is -4.61. The number of benzene rings is 2. The highest BCUT2D eigenvalue weighted by atomic mass is 32.2. The number of hydrogen-bond acceptors (Lipinski definition) is 4. The fourth-order valence-electron chi connectivity index (χ4n) is 2.25. The number of carbonyl (C=O) groups is 1. The third-order valence-electron chi connectivity index (χ3n) is 3.69. The summed E-state index contributed by atoms with van der Waals surface area (Å²) in [5, 5.41) is 0. The van der Waals surface area contributed by atoms with Crippen LogP contribution < -0.4 is 4.72 Å². The maximum Gasteiger partial charge on any atom is 0.416 e. The molecule has 2 aromatic rings. The second kappa shape index (κ2) is 8.47. The van der Waals surface area contributed by atoms with Crippen molar-refractivity contribution < 1.29 is 31.1 Å². The van der Waals surface area contributed by atoms with Crippen LogP contribution in [-0.2, 0) is 25.7 Å². The van der Waals surface area contributed by atoms with Crippen molar-refractivity contribution in [3.05, 3.63) is 71.4 Å². The average Bonchev–Trinajstić information content (AvgIpc) is 2.62. The first-order chi connectivity index (χ1) is 13.0. The summed E-state index contributed by atoms with van der Waals surface area (Å²) >= 11 is 0. The van der Waals surface area contributed by atoms with Crippen molar-refractivity contribution in [2.24, 2.45) is 0 Å². The third kappa shape index (κ3) is 5.35. The fourth-order valence-corrected chi connectivity index (χ4v) is 3.16. The highest BCUT2D eigenvalue weighted by Crippen LogP contribution is 2.31. The predicted octanol–water partition coefficient (Wildman–Crippen LogP) is 3.90. The number of nitrogens with one attached hydrogen (secondary N) is 1. The van der Waals surface area contributed by atoms with Crippen LogP contribution in [0.3, 0.4) is 0 Å². The van der Waals surface area contributed by atoms with Crippen LogP contribution in [0.25, 0.3) is 5.57 Å². The molecular formula is C19H18F3NO4S. The molecule has 0 fully saturated rings. The molecule has 0 heterocycles. The van der Waals surface area contributed by atoms with E-state index in [1.807, 2.05) is 0 Å². The summed E-state index contributed by atoms with van der Waals surface area (Å²) in [4.78, 5) is 12.1. The van der Waals surface area contributed by atoms with E-state index in [2.05, 4.69) is 4.72 Å².